The lowest BCUT2D eigenvalue weighted by atomic mass is 9.98. The lowest BCUT2D eigenvalue weighted by Crippen LogP contribution is -2.14. The number of nitrogen functional groups attached to an aromatic ring is 1. The average molecular weight is 570 g/mol. The van der Waals surface area contributed by atoms with Crippen LogP contribution < -0.4 is 15.8 Å². The van der Waals surface area contributed by atoms with Gasteiger partial charge in [0.05, 0.1) is 16.1 Å². The van der Waals surface area contributed by atoms with Crippen LogP contribution in [0, 0.1) is 18.7 Å². The van der Waals surface area contributed by atoms with E-state index < -0.39 is 5.82 Å². The van der Waals surface area contributed by atoms with Crippen LogP contribution in [-0.4, -0.2) is 30.4 Å². The first kappa shape index (κ1) is 26.4. The van der Waals surface area contributed by atoms with Crippen LogP contribution in [0.1, 0.15) is 18.5 Å². The monoisotopic (exact) mass is 569 g/mol. The Labute approximate surface area is 239 Å². The van der Waals surface area contributed by atoms with Crippen LogP contribution >= 0.6 is 11.6 Å². The molecule has 206 valence electrons. The van der Waals surface area contributed by atoms with Crippen molar-refractivity contribution in [3.63, 3.8) is 0 Å². The summed E-state index contributed by atoms with van der Waals surface area (Å²) in [6.45, 7) is 5.70. The summed E-state index contributed by atoms with van der Waals surface area (Å²) < 4.78 is 22.9. The lowest BCUT2D eigenvalue weighted by Gasteiger charge is -2.13. The number of nitrogens with two attached hydrogens (primary N) is 1. The summed E-state index contributed by atoms with van der Waals surface area (Å²) in [6, 6.07) is 11.6. The fraction of sp³-hybridized carbons (Fsp3) is 0.167. The molecule has 5 aromatic rings. The molecule has 2 aromatic carbocycles. The number of fused-ring (bicyclic) bond motifs is 1. The zero-order chi connectivity index (χ0) is 28.8. The topological polar surface area (TPSA) is 121 Å². The Balaban J connectivity index is 1.43. The fourth-order valence-corrected chi connectivity index (χ4v) is 5.07. The number of amides is 1. The van der Waals surface area contributed by atoms with Crippen molar-refractivity contribution in [1.29, 1.82) is 0 Å². The van der Waals surface area contributed by atoms with Gasteiger partial charge in [-0.15, -0.1) is 0 Å². The number of hydrogen-bond donors (Lipinski definition) is 2. The van der Waals surface area contributed by atoms with Gasteiger partial charge in [-0.05, 0) is 67.6 Å². The second-order valence-electron chi connectivity index (χ2n) is 9.92. The number of carbonyl (C=O) groups is 1. The van der Waals surface area contributed by atoms with Crippen molar-refractivity contribution in [2.75, 3.05) is 11.1 Å². The Morgan fingerprint density at radius 2 is 1.98 bits per heavy atom. The summed E-state index contributed by atoms with van der Waals surface area (Å²) in [7, 11) is 1.82. The molecule has 0 atom stereocenters. The average Bonchev–Trinajstić information content (AvgIpc) is 3.74. The summed E-state index contributed by atoms with van der Waals surface area (Å²) in [6.07, 6.45) is 4.88. The molecule has 3 heterocycles. The minimum Gasteiger partial charge on any atom is -0.421 e. The molecule has 0 bridgehead atoms. The highest BCUT2D eigenvalue weighted by molar-refractivity contribution is 6.34. The molecule has 3 aromatic heterocycles. The molecule has 3 N–H and O–H groups in total. The third-order valence-corrected chi connectivity index (χ3v) is 7.35. The van der Waals surface area contributed by atoms with Crippen LogP contribution in [0.4, 0.5) is 15.9 Å². The number of nitrogens with zero attached hydrogens (tertiary/aromatic N) is 5. The van der Waals surface area contributed by atoms with Crippen molar-refractivity contribution in [2.45, 2.75) is 19.8 Å². The van der Waals surface area contributed by atoms with Crippen molar-refractivity contribution in [2.24, 2.45) is 13.0 Å². The molecular formula is C30H25ClFN7O2. The number of hydrogen-bond acceptors (Lipinski definition) is 7. The van der Waals surface area contributed by atoms with Crippen molar-refractivity contribution in [3.8, 4) is 34.1 Å². The number of anilines is 2. The van der Waals surface area contributed by atoms with Crippen LogP contribution in [0.25, 0.3) is 33.4 Å². The maximum Gasteiger partial charge on any atom is 0.322 e. The zero-order valence-electron chi connectivity index (χ0n) is 22.3. The van der Waals surface area contributed by atoms with Gasteiger partial charge in [0.2, 0.25) is 0 Å². The summed E-state index contributed by atoms with van der Waals surface area (Å²) in [5, 5.41) is 3.79. The second-order valence-corrected chi connectivity index (χ2v) is 10.3. The number of aromatic nitrogens is 5. The van der Waals surface area contributed by atoms with E-state index in [2.05, 4.69) is 31.8 Å². The molecular weight excluding hydrogens is 545 g/mol. The molecule has 0 aliphatic heterocycles. The first-order chi connectivity index (χ1) is 19.7. The Bertz CT molecular complexity index is 1870. The van der Waals surface area contributed by atoms with E-state index in [4.69, 9.17) is 22.1 Å². The SMILES string of the molecule is C=C(C(=O)Nc1ccc(-c2c(-c3ccc(Oc4nccc(C)n4)c(F)c3)c3c(N)ncnc3n2C)c(Cl)c1)C1CC1. The summed E-state index contributed by atoms with van der Waals surface area (Å²) in [5.74, 6) is -0.392. The van der Waals surface area contributed by atoms with E-state index in [-0.39, 0.29) is 29.4 Å². The van der Waals surface area contributed by atoms with Crippen LogP contribution in [0.2, 0.25) is 5.02 Å². The molecule has 41 heavy (non-hydrogen) atoms. The number of rotatable bonds is 7. The molecule has 0 radical (unpaired) electrons. The number of halogens is 2. The highest BCUT2D eigenvalue weighted by Gasteiger charge is 2.29. The Morgan fingerprint density at radius 1 is 1.17 bits per heavy atom. The third kappa shape index (κ3) is 4.98. The standard InChI is InChI=1S/C30H25ClFN7O2/c1-15-10-11-34-30(37-15)41-23-9-6-18(12-22(23)32)24-25-27(33)35-14-36-28(25)39(3)26(24)20-8-7-19(13-21(20)31)38-29(40)16(2)17-4-5-17/h6-14,17H,2,4-5H2,1,3H3,(H,38,40)(H2,33,35,36). The van der Waals surface area contributed by atoms with E-state index in [1.807, 2.05) is 11.6 Å². The third-order valence-electron chi connectivity index (χ3n) is 7.03. The van der Waals surface area contributed by atoms with Gasteiger partial charge in [0.25, 0.3) is 5.91 Å². The minimum atomic E-state index is -0.619. The summed E-state index contributed by atoms with van der Waals surface area (Å²) in [5.41, 5.74) is 11.1. The second kappa shape index (κ2) is 10.3. The largest absolute Gasteiger partial charge is 0.421 e. The number of nitrogens with one attached hydrogen (secondary N) is 1. The molecule has 1 aliphatic rings. The van der Waals surface area contributed by atoms with Gasteiger partial charge in [0.1, 0.15) is 17.8 Å². The maximum absolute atomic E-state index is 15.4. The van der Waals surface area contributed by atoms with Crippen molar-refractivity contribution in [1.82, 2.24) is 24.5 Å². The molecule has 1 amide bonds. The van der Waals surface area contributed by atoms with Gasteiger partial charge in [-0.25, -0.2) is 24.3 Å². The van der Waals surface area contributed by atoms with Gasteiger partial charge < -0.3 is 20.4 Å². The van der Waals surface area contributed by atoms with E-state index in [1.165, 1.54) is 18.5 Å². The quantitative estimate of drug-likeness (QED) is 0.215. The molecule has 0 unspecified atom stereocenters. The normalized spacial score (nSPS) is 12.9. The minimum absolute atomic E-state index is 0.0312. The fourth-order valence-electron chi connectivity index (χ4n) is 4.80. The molecule has 6 rings (SSSR count). The first-order valence-corrected chi connectivity index (χ1v) is 13.3. The molecule has 1 saturated carbocycles. The number of carbonyl (C=O) groups excluding carboxylic acids is 1. The molecule has 11 heteroatoms. The van der Waals surface area contributed by atoms with Crippen molar-refractivity contribution >= 4 is 40.0 Å². The van der Waals surface area contributed by atoms with Gasteiger partial charge in [0.15, 0.2) is 11.6 Å². The number of ether oxygens (including phenoxy) is 1. The van der Waals surface area contributed by atoms with Gasteiger partial charge in [-0.2, -0.15) is 0 Å². The summed E-state index contributed by atoms with van der Waals surface area (Å²) in [4.78, 5) is 29.4. The van der Waals surface area contributed by atoms with E-state index in [1.54, 1.807) is 43.5 Å². The highest BCUT2D eigenvalue weighted by atomic mass is 35.5. The van der Waals surface area contributed by atoms with Crippen molar-refractivity contribution < 1.29 is 13.9 Å². The van der Waals surface area contributed by atoms with E-state index in [9.17, 15) is 4.79 Å². The first-order valence-electron chi connectivity index (χ1n) is 12.9. The van der Waals surface area contributed by atoms with Crippen LogP contribution in [0.15, 0.2) is 67.1 Å². The van der Waals surface area contributed by atoms with E-state index >= 15 is 4.39 Å². The van der Waals surface area contributed by atoms with Gasteiger partial charge in [-0.1, -0.05) is 24.2 Å². The van der Waals surface area contributed by atoms with Crippen LogP contribution in [0.3, 0.4) is 0 Å². The molecule has 1 fully saturated rings. The lowest BCUT2D eigenvalue weighted by molar-refractivity contribution is -0.113. The summed E-state index contributed by atoms with van der Waals surface area (Å²) >= 11 is 6.80. The smallest absolute Gasteiger partial charge is 0.322 e. The molecule has 1 aliphatic carbocycles. The van der Waals surface area contributed by atoms with E-state index in [0.717, 1.165) is 12.8 Å². The predicted molar refractivity (Wildman–Crippen MR) is 156 cm³/mol. The predicted octanol–water partition coefficient (Wildman–Crippen LogP) is 6.47. The van der Waals surface area contributed by atoms with Gasteiger partial charge in [0, 0.05) is 41.3 Å². The van der Waals surface area contributed by atoms with E-state index in [0.29, 0.717) is 55.4 Å². The van der Waals surface area contributed by atoms with Gasteiger partial charge in [-0.3, -0.25) is 4.79 Å². The molecule has 0 spiro atoms. The Morgan fingerprint density at radius 3 is 2.68 bits per heavy atom. The number of benzene rings is 2. The molecule has 9 nitrogen and oxygen atoms in total. The van der Waals surface area contributed by atoms with Crippen LogP contribution in [0.5, 0.6) is 11.8 Å². The van der Waals surface area contributed by atoms with Gasteiger partial charge >= 0.3 is 6.01 Å². The zero-order valence-corrected chi connectivity index (χ0v) is 23.0. The maximum atomic E-state index is 15.4. The Hall–Kier alpha value is -4.83. The Kier molecular flexibility index (Phi) is 6.63. The van der Waals surface area contributed by atoms with Crippen molar-refractivity contribution in [3.05, 3.63) is 83.7 Å². The van der Waals surface area contributed by atoms with Crippen LogP contribution in [-0.2, 0) is 11.8 Å². The molecule has 0 saturated heterocycles. The highest BCUT2D eigenvalue weighted by Crippen LogP contribution is 2.45. The number of aryl methyl sites for hydroxylation is 2.